The molecule has 0 spiro atoms. The summed E-state index contributed by atoms with van der Waals surface area (Å²) in [6.45, 7) is 5.48. The molecule has 0 saturated carbocycles. The molecule has 0 unspecified atom stereocenters. The number of nitrogens with one attached hydrogen (secondary N) is 1. The molecule has 5 heteroatoms. The largest absolute Gasteiger partial charge is 0.298 e. The average Bonchev–Trinajstić information content (AvgIpc) is 2.59. The van der Waals surface area contributed by atoms with Gasteiger partial charge in [0.2, 0.25) is 10.0 Å². The minimum absolute atomic E-state index is 0.0911. The fourth-order valence-electron chi connectivity index (χ4n) is 2.59. The lowest BCUT2D eigenvalue weighted by molar-refractivity contribution is -0.123. The van der Waals surface area contributed by atoms with Crippen molar-refractivity contribution in [2.24, 2.45) is 5.92 Å². The van der Waals surface area contributed by atoms with Crippen LogP contribution in [0.25, 0.3) is 0 Å². The summed E-state index contributed by atoms with van der Waals surface area (Å²) >= 11 is 0. The van der Waals surface area contributed by atoms with Gasteiger partial charge in [0.25, 0.3) is 0 Å². The van der Waals surface area contributed by atoms with Gasteiger partial charge >= 0.3 is 0 Å². The van der Waals surface area contributed by atoms with E-state index in [1.807, 2.05) is 37.3 Å². The van der Waals surface area contributed by atoms with Crippen molar-refractivity contribution < 1.29 is 13.2 Å². The van der Waals surface area contributed by atoms with Gasteiger partial charge in [0.05, 0.1) is 10.9 Å². The summed E-state index contributed by atoms with van der Waals surface area (Å²) in [5.41, 5.74) is 2.07. The Hall–Kier alpha value is -1.98. The van der Waals surface area contributed by atoms with Crippen molar-refractivity contribution in [3.8, 4) is 0 Å². The van der Waals surface area contributed by atoms with Gasteiger partial charge in [-0.1, -0.05) is 61.9 Å². The molecule has 0 radical (unpaired) electrons. The van der Waals surface area contributed by atoms with Crippen molar-refractivity contribution in [3.63, 3.8) is 0 Å². The molecule has 2 aromatic carbocycles. The number of hydrogen-bond donors (Lipinski definition) is 1. The summed E-state index contributed by atoms with van der Waals surface area (Å²) in [6, 6.07) is 15.6. The van der Waals surface area contributed by atoms with Gasteiger partial charge in [0, 0.05) is 5.92 Å². The van der Waals surface area contributed by atoms with Gasteiger partial charge in [-0.2, -0.15) is 0 Å². The summed E-state index contributed by atoms with van der Waals surface area (Å²) in [5, 5.41) is 0. The second kappa shape index (κ2) is 8.41. The number of ketones is 1. The van der Waals surface area contributed by atoms with E-state index in [0.717, 1.165) is 11.1 Å². The van der Waals surface area contributed by atoms with Gasteiger partial charge in [-0.15, -0.1) is 0 Å². The van der Waals surface area contributed by atoms with Crippen molar-refractivity contribution >= 4 is 15.8 Å². The zero-order valence-electron chi connectivity index (χ0n) is 14.9. The predicted octanol–water partition coefficient (Wildman–Crippen LogP) is 3.50. The molecule has 0 saturated heterocycles. The third-order valence-corrected chi connectivity index (χ3v) is 5.59. The number of aryl methyl sites for hydroxylation is 2. The summed E-state index contributed by atoms with van der Waals surface area (Å²) in [5.74, 6) is -0.326. The van der Waals surface area contributed by atoms with E-state index >= 15 is 0 Å². The van der Waals surface area contributed by atoms with Crippen LogP contribution >= 0.6 is 0 Å². The molecular weight excluding hydrogens is 334 g/mol. The third kappa shape index (κ3) is 5.51. The normalized spacial score (nSPS) is 13.0. The zero-order chi connectivity index (χ0) is 18.4. The highest BCUT2D eigenvalue weighted by Crippen LogP contribution is 2.15. The topological polar surface area (TPSA) is 63.2 Å². The molecule has 0 bridgehead atoms. The Kier molecular flexibility index (Phi) is 6.51. The minimum Gasteiger partial charge on any atom is -0.298 e. The van der Waals surface area contributed by atoms with Crippen LogP contribution in [0.1, 0.15) is 31.4 Å². The minimum atomic E-state index is -3.73. The number of sulfonamides is 1. The second-order valence-electron chi connectivity index (χ2n) is 6.57. The number of carbonyl (C=O) groups is 1. The molecule has 1 N–H and O–H groups in total. The maximum absolute atomic E-state index is 12.6. The van der Waals surface area contributed by atoms with Crippen molar-refractivity contribution in [1.82, 2.24) is 4.72 Å². The smallest absolute Gasteiger partial charge is 0.241 e. The van der Waals surface area contributed by atoms with Crippen LogP contribution in [0.3, 0.4) is 0 Å². The molecule has 0 heterocycles. The van der Waals surface area contributed by atoms with Gasteiger partial charge in [0.15, 0.2) is 5.78 Å². The van der Waals surface area contributed by atoms with Gasteiger partial charge in [-0.3, -0.25) is 4.79 Å². The first-order valence-electron chi connectivity index (χ1n) is 8.46. The van der Waals surface area contributed by atoms with Crippen molar-refractivity contribution in [1.29, 1.82) is 0 Å². The molecule has 2 aromatic rings. The number of Topliss-reactive ketones (excluding diaryl/α,β-unsaturated/α-hetero) is 1. The molecule has 0 aliphatic carbocycles. The first-order valence-corrected chi connectivity index (χ1v) is 9.94. The van der Waals surface area contributed by atoms with E-state index in [0.29, 0.717) is 12.8 Å². The highest BCUT2D eigenvalue weighted by molar-refractivity contribution is 7.89. The Balaban J connectivity index is 2.17. The zero-order valence-corrected chi connectivity index (χ0v) is 15.7. The number of carbonyl (C=O) groups excluding carboxylic acids is 1. The summed E-state index contributed by atoms with van der Waals surface area (Å²) in [7, 11) is -3.73. The predicted molar refractivity (Wildman–Crippen MR) is 99.9 cm³/mol. The van der Waals surface area contributed by atoms with Crippen LogP contribution in [0.2, 0.25) is 0 Å². The quantitative estimate of drug-likeness (QED) is 0.784. The van der Waals surface area contributed by atoms with E-state index < -0.39 is 16.1 Å². The Morgan fingerprint density at radius 3 is 2.16 bits per heavy atom. The lowest BCUT2D eigenvalue weighted by atomic mass is 9.97. The van der Waals surface area contributed by atoms with E-state index in [1.165, 1.54) is 0 Å². The summed E-state index contributed by atoms with van der Waals surface area (Å²) in [4.78, 5) is 12.7. The first kappa shape index (κ1) is 19.3. The number of hydrogen-bond acceptors (Lipinski definition) is 3. The Morgan fingerprint density at radius 2 is 1.60 bits per heavy atom. The van der Waals surface area contributed by atoms with Crippen LogP contribution in [0, 0.1) is 12.8 Å². The lowest BCUT2D eigenvalue weighted by Crippen LogP contribution is -2.42. The van der Waals surface area contributed by atoms with Crippen LogP contribution < -0.4 is 4.72 Å². The van der Waals surface area contributed by atoms with E-state index in [2.05, 4.69) is 4.72 Å². The van der Waals surface area contributed by atoms with Crippen molar-refractivity contribution in [2.45, 2.75) is 44.6 Å². The molecule has 0 aliphatic heterocycles. The van der Waals surface area contributed by atoms with Crippen LogP contribution in [0.15, 0.2) is 59.5 Å². The van der Waals surface area contributed by atoms with Gasteiger partial charge < -0.3 is 0 Å². The first-order chi connectivity index (χ1) is 11.8. The molecule has 4 nitrogen and oxygen atoms in total. The molecule has 0 fully saturated rings. The molecule has 1 atom stereocenters. The fraction of sp³-hybridized carbons (Fsp3) is 0.350. The van der Waals surface area contributed by atoms with Crippen LogP contribution in [-0.4, -0.2) is 20.2 Å². The maximum atomic E-state index is 12.6. The fourth-order valence-corrected chi connectivity index (χ4v) is 3.83. The molecule has 0 amide bonds. The van der Waals surface area contributed by atoms with E-state index in [1.54, 1.807) is 38.1 Å². The highest BCUT2D eigenvalue weighted by atomic mass is 32.2. The standard InChI is InChI=1S/C20H25NO3S/c1-15(2)20(22)19(14-11-17-7-5-4-6-8-17)21-25(23,24)18-12-9-16(3)10-13-18/h4-10,12-13,15,19,21H,11,14H2,1-3H3/t19-/m1/s1. The van der Waals surface area contributed by atoms with Crippen molar-refractivity contribution in [3.05, 3.63) is 65.7 Å². The van der Waals surface area contributed by atoms with Gasteiger partial charge in [-0.25, -0.2) is 13.1 Å². The molecule has 0 aromatic heterocycles. The summed E-state index contributed by atoms with van der Waals surface area (Å²) in [6.07, 6.45) is 1.08. The highest BCUT2D eigenvalue weighted by Gasteiger charge is 2.27. The SMILES string of the molecule is Cc1ccc(S(=O)(=O)N[C@H](CCc2ccccc2)C(=O)C(C)C)cc1. The number of benzene rings is 2. The molecular formula is C20H25NO3S. The van der Waals surface area contributed by atoms with Crippen molar-refractivity contribution in [2.75, 3.05) is 0 Å². The molecule has 2 rings (SSSR count). The number of rotatable bonds is 8. The van der Waals surface area contributed by atoms with Crippen LogP contribution in [0.5, 0.6) is 0 Å². The second-order valence-corrected chi connectivity index (χ2v) is 8.28. The average molecular weight is 359 g/mol. The van der Waals surface area contributed by atoms with Gasteiger partial charge in [-0.05, 0) is 37.5 Å². The van der Waals surface area contributed by atoms with Crippen LogP contribution in [-0.2, 0) is 21.2 Å². The summed E-state index contributed by atoms with van der Waals surface area (Å²) < 4.78 is 27.9. The Labute approximate surface area is 150 Å². The van der Waals surface area contributed by atoms with E-state index in [9.17, 15) is 13.2 Å². The molecule has 0 aliphatic rings. The van der Waals surface area contributed by atoms with Crippen LogP contribution in [0.4, 0.5) is 0 Å². The van der Waals surface area contributed by atoms with Gasteiger partial charge in [0.1, 0.15) is 0 Å². The third-order valence-electron chi connectivity index (χ3n) is 4.11. The van der Waals surface area contributed by atoms with E-state index in [-0.39, 0.29) is 16.6 Å². The Morgan fingerprint density at radius 1 is 1.00 bits per heavy atom. The maximum Gasteiger partial charge on any atom is 0.241 e. The lowest BCUT2D eigenvalue weighted by Gasteiger charge is -2.20. The monoisotopic (exact) mass is 359 g/mol. The Bertz CT molecular complexity index is 797. The molecule has 134 valence electrons. The van der Waals surface area contributed by atoms with E-state index in [4.69, 9.17) is 0 Å². The molecule has 25 heavy (non-hydrogen) atoms.